The van der Waals surface area contributed by atoms with Crippen molar-refractivity contribution < 1.29 is 9.53 Å². The topological polar surface area (TPSA) is 41.6 Å². The van der Waals surface area contributed by atoms with Gasteiger partial charge in [0.05, 0.1) is 13.2 Å². The lowest BCUT2D eigenvalue weighted by Gasteiger charge is -2.24. The third kappa shape index (κ3) is 5.60. The number of ether oxygens (including phenoxy) is 1. The highest BCUT2D eigenvalue weighted by Crippen LogP contribution is 2.16. The van der Waals surface area contributed by atoms with E-state index < -0.39 is 0 Å². The molecular formula is C22H30N2O2. The molecule has 2 aromatic carbocycles. The van der Waals surface area contributed by atoms with E-state index in [-0.39, 0.29) is 11.9 Å². The Morgan fingerprint density at radius 2 is 1.58 bits per heavy atom. The first-order chi connectivity index (χ1) is 12.4. The first kappa shape index (κ1) is 20.0. The van der Waals surface area contributed by atoms with E-state index in [1.165, 1.54) is 11.1 Å². The van der Waals surface area contributed by atoms with Gasteiger partial charge in [0, 0.05) is 13.1 Å². The van der Waals surface area contributed by atoms with Gasteiger partial charge in [0.2, 0.25) is 5.91 Å². The van der Waals surface area contributed by atoms with Crippen LogP contribution in [0.2, 0.25) is 0 Å². The Balaban J connectivity index is 1.85. The van der Waals surface area contributed by atoms with Crippen molar-refractivity contribution in [2.24, 2.45) is 0 Å². The van der Waals surface area contributed by atoms with Crippen molar-refractivity contribution in [1.82, 2.24) is 10.2 Å². The first-order valence-corrected chi connectivity index (χ1v) is 9.10. The predicted octanol–water partition coefficient (Wildman–Crippen LogP) is 3.96. The third-order valence-electron chi connectivity index (χ3n) is 4.74. The summed E-state index contributed by atoms with van der Waals surface area (Å²) >= 11 is 0. The van der Waals surface area contributed by atoms with Gasteiger partial charge >= 0.3 is 0 Å². The molecule has 0 aromatic heterocycles. The third-order valence-corrected chi connectivity index (χ3v) is 4.74. The van der Waals surface area contributed by atoms with Gasteiger partial charge in [-0.3, -0.25) is 9.69 Å². The first-order valence-electron chi connectivity index (χ1n) is 9.10. The summed E-state index contributed by atoms with van der Waals surface area (Å²) in [6, 6.07) is 16.2. The molecule has 0 saturated carbocycles. The number of likely N-dealkylation sites (N-methyl/N-ethyl adjacent to an activating group) is 1. The molecule has 2 rings (SSSR count). The second-order valence-corrected chi connectivity index (χ2v) is 7.05. The van der Waals surface area contributed by atoms with E-state index in [0.717, 1.165) is 17.9 Å². The quantitative estimate of drug-likeness (QED) is 0.780. The molecule has 0 unspecified atom stereocenters. The number of methoxy groups -OCH3 is 1. The largest absolute Gasteiger partial charge is 0.497 e. The molecule has 0 saturated heterocycles. The average molecular weight is 354 g/mol. The normalized spacial score (nSPS) is 12.3. The lowest BCUT2D eigenvalue weighted by molar-refractivity contribution is -0.125. The number of carbonyl (C=O) groups is 1. The highest BCUT2D eigenvalue weighted by atomic mass is 16.5. The van der Waals surface area contributed by atoms with Crippen molar-refractivity contribution in [3.05, 3.63) is 65.2 Å². The van der Waals surface area contributed by atoms with Gasteiger partial charge in [-0.1, -0.05) is 50.2 Å². The monoisotopic (exact) mass is 354 g/mol. The van der Waals surface area contributed by atoms with Crippen LogP contribution in [-0.4, -0.2) is 31.0 Å². The number of hydrogen-bond acceptors (Lipinski definition) is 3. The second-order valence-electron chi connectivity index (χ2n) is 7.05. The lowest BCUT2D eigenvalue weighted by Crippen LogP contribution is -2.42. The predicted molar refractivity (Wildman–Crippen MR) is 106 cm³/mol. The SMILES string of the molecule is COc1ccc(CNC(=O)[C@H](C)N(C)Cc2ccc(C(C)C)cc2)cc1. The molecule has 1 amide bonds. The number of benzene rings is 2. The number of amides is 1. The maximum atomic E-state index is 12.4. The highest BCUT2D eigenvalue weighted by molar-refractivity contribution is 5.81. The molecule has 4 heteroatoms. The molecule has 0 spiro atoms. The smallest absolute Gasteiger partial charge is 0.237 e. The maximum absolute atomic E-state index is 12.4. The van der Waals surface area contributed by atoms with Crippen LogP contribution in [0.1, 0.15) is 43.4 Å². The zero-order chi connectivity index (χ0) is 19.1. The minimum Gasteiger partial charge on any atom is -0.497 e. The number of carbonyl (C=O) groups excluding carboxylic acids is 1. The fourth-order valence-corrected chi connectivity index (χ4v) is 2.71. The lowest BCUT2D eigenvalue weighted by atomic mass is 10.0. The van der Waals surface area contributed by atoms with Crippen molar-refractivity contribution in [2.75, 3.05) is 14.2 Å². The minimum atomic E-state index is -0.196. The molecule has 2 aromatic rings. The maximum Gasteiger partial charge on any atom is 0.237 e. The molecule has 0 aliphatic heterocycles. The van der Waals surface area contributed by atoms with E-state index in [1.807, 2.05) is 38.2 Å². The number of nitrogens with zero attached hydrogens (tertiary/aromatic N) is 1. The van der Waals surface area contributed by atoms with Crippen LogP contribution >= 0.6 is 0 Å². The van der Waals surface area contributed by atoms with Gasteiger partial charge in [0.25, 0.3) is 0 Å². The highest BCUT2D eigenvalue weighted by Gasteiger charge is 2.18. The van der Waals surface area contributed by atoms with Crippen LogP contribution in [0.5, 0.6) is 5.75 Å². The molecule has 0 aliphatic rings. The molecule has 4 nitrogen and oxygen atoms in total. The van der Waals surface area contributed by atoms with E-state index in [4.69, 9.17) is 4.74 Å². The van der Waals surface area contributed by atoms with Gasteiger partial charge < -0.3 is 10.1 Å². The van der Waals surface area contributed by atoms with E-state index in [1.54, 1.807) is 7.11 Å². The summed E-state index contributed by atoms with van der Waals surface area (Å²) in [5.41, 5.74) is 3.60. The van der Waals surface area contributed by atoms with Crippen LogP contribution in [0.15, 0.2) is 48.5 Å². The van der Waals surface area contributed by atoms with Gasteiger partial charge in [-0.15, -0.1) is 0 Å². The van der Waals surface area contributed by atoms with E-state index in [9.17, 15) is 4.79 Å². The van der Waals surface area contributed by atoms with Crippen LogP contribution in [0, 0.1) is 0 Å². The summed E-state index contributed by atoms with van der Waals surface area (Å²) in [6.45, 7) is 7.58. The van der Waals surface area contributed by atoms with E-state index in [0.29, 0.717) is 12.5 Å². The summed E-state index contributed by atoms with van der Waals surface area (Å²) in [5, 5.41) is 3.01. The van der Waals surface area contributed by atoms with E-state index in [2.05, 4.69) is 48.3 Å². The molecule has 0 fully saturated rings. The molecule has 26 heavy (non-hydrogen) atoms. The fraction of sp³-hybridized carbons (Fsp3) is 0.409. The Kier molecular flexibility index (Phi) is 7.22. The van der Waals surface area contributed by atoms with E-state index >= 15 is 0 Å². The van der Waals surface area contributed by atoms with Crippen LogP contribution in [0.4, 0.5) is 0 Å². The summed E-state index contributed by atoms with van der Waals surface area (Å²) < 4.78 is 5.15. The van der Waals surface area contributed by atoms with Crippen molar-refractivity contribution in [3.63, 3.8) is 0 Å². The molecule has 0 radical (unpaired) electrons. The standard InChI is InChI=1S/C22H30N2O2/c1-16(2)20-10-6-19(7-11-20)15-24(4)17(3)22(25)23-14-18-8-12-21(26-5)13-9-18/h6-13,16-17H,14-15H2,1-5H3,(H,23,25)/t17-/m0/s1. The minimum absolute atomic E-state index is 0.0297. The van der Waals surface area contributed by atoms with Crippen molar-refractivity contribution in [3.8, 4) is 5.75 Å². The summed E-state index contributed by atoms with van der Waals surface area (Å²) in [6.07, 6.45) is 0. The van der Waals surface area contributed by atoms with Gasteiger partial charge in [0.1, 0.15) is 5.75 Å². The number of nitrogens with one attached hydrogen (secondary N) is 1. The Bertz CT molecular complexity index is 693. The number of hydrogen-bond donors (Lipinski definition) is 1. The van der Waals surface area contributed by atoms with Crippen LogP contribution < -0.4 is 10.1 Å². The van der Waals surface area contributed by atoms with Gasteiger partial charge in [-0.2, -0.15) is 0 Å². The van der Waals surface area contributed by atoms with Gasteiger partial charge in [-0.25, -0.2) is 0 Å². The Morgan fingerprint density at radius 1 is 1.00 bits per heavy atom. The molecule has 0 heterocycles. The van der Waals surface area contributed by atoms with Crippen molar-refractivity contribution in [1.29, 1.82) is 0 Å². The second kappa shape index (κ2) is 9.39. The summed E-state index contributed by atoms with van der Waals surface area (Å²) in [5.74, 6) is 1.38. The summed E-state index contributed by atoms with van der Waals surface area (Å²) in [7, 11) is 3.62. The van der Waals surface area contributed by atoms with Crippen LogP contribution in [-0.2, 0) is 17.9 Å². The van der Waals surface area contributed by atoms with Gasteiger partial charge in [-0.05, 0) is 48.7 Å². The van der Waals surface area contributed by atoms with Gasteiger partial charge in [0.15, 0.2) is 0 Å². The molecule has 0 bridgehead atoms. The Hall–Kier alpha value is -2.33. The molecule has 0 aliphatic carbocycles. The van der Waals surface area contributed by atoms with Crippen molar-refractivity contribution in [2.45, 2.75) is 45.8 Å². The Morgan fingerprint density at radius 3 is 2.12 bits per heavy atom. The van der Waals surface area contributed by atoms with Crippen molar-refractivity contribution >= 4 is 5.91 Å². The number of rotatable bonds is 8. The molecular weight excluding hydrogens is 324 g/mol. The zero-order valence-corrected chi connectivity index (χ0v) is 16.5. The average Bonchev–Trinajstić information content (AvgIpc) is 2.66. The molecule has 1 atom stereocenters. The van der Waals surface area contributed by atoms with Crippen LogP contribution in [0.25, 0.3) is 0 Å². The molecule has 1 N–H and O–H groups in total. The molecule has 140 valence electrons. The van der Waals surface area contributed by atoms with Crippen LogP contribution in [0.3, 0.4) is 0 Å². The Labute approximate surface area is 157 Å². The fourth-order valence-electron chi connectivity index (χ4n) is 2.71. The zero-order valence-electron chi connectivity index (χ0n) is 16.5. The summed E-state index contributed by atoms with van der Waals surface area (Å²) in [4.78, 5) is 14.5.